The molecule has 20 heavy (non-hydrogen) atoms. The summed E-state index contributed by atoms with van der Waals surface area (Å²) in [5.41, 5.74) is 2.16. The van der Waals surface area contributed by atoms with Gasteiger partial charge in [0.05, 0.1) is 26.4 Å². The lowest BCUT2D eigenvalue weighted by molar-refractivity contribution is -0.156. The van der Waals surface area contributed by atoms with Crippen LogP contribution in [0.5, 0.6) is 0 Å². The average molecular weight is 280 g/mol. The molecule has 2 saturated heterocycles. The van der Waals surface area contributed by atoms with Gasteiger partial charge in [-0.05, 0) is 37.8 Å². The molecule has 2 rings (SSSR count). The van der Waals surface area contributed by atoms with E-state index >= 15 is 0 Å². The van der Waals surface area contributed by atoms with Crippen molar-refractivity contribution in [2.24, 2.45) is 0 Å². The molecule has 2 aliphatic heterocycles. The van der Waals surface area contributed by atoms with Gasteiger partial charge in [0, 0.05) is 0 Å². The molecule has 0 saturated carbocycles. The van der Waals surface area contributed by atoms with Gasteiger partial charge in [0.25, 0.3) is 0 Å². The van der Waals surface area contributed by atoms with Crippen molar-refractivity contribution in [1.29, 1.82) is 0 Å². The quantitative estimate of drug-likeness (QED) is 0.742. The van der Waals surface area contributed by atoms with Crippen molar-refractivity contribution in [3.63, 3.8) is 0 Å². The van der Waals surface area contributed by atoms with E-state index in [1.807, 2.05) is 38.2 Å². The molecule has 112 valence electrons. The Morgan fingerprint density at radius 3 is 1.40 bits per heavy atom. The van der Waals surface area contributed by atoms with E-state index in [-0.39, 0.29) is 12.6 Å². The maximum atomic E-state index is 5.53. The van der Waals surface area contributed by atoms with Crippen molar-refractivity contribution >= 4 is 0 Å². The summed E-state index contributed by atoms with van der Waals surface area (Å²) < 4.78 is 22.1. The molecular formula is C16H24O4. The molecule has 0 aromatic rings. The summed E-state index contributed by atoms with van der Waals surface area (Å²) in [6.45, 7) is 7.13. The fourth-order valence-electron chi connectivity index (χ4n) is 2.07. The minimum Gasteiger partial charge on any atom is -0.349 e. The van der Waals surface area contributed by atoms with E-state index in [9.17, 15) is 0 Å². The van der Waals surface area contributed by atoms with Crippen LogP contribution in [-0.2, 0) is 18.9 Å². The van der Waals surface area contributed by atoms with E-state index in [0.29, 0.717) is 0 Å². The van der Waals surface area contributed by atoms with Crippen LogP contribution in [0, 0.1) is 0 Å². The molecular weight excluding hydrogens is 256 g/mol. The molecule has 0 aromatic carbocycles. The van der Waals surface area contributed by atoms with Crippen LogP contribution in [0.2, 0.25) is 0 Å². The molecule has 0 atom stereocenters. The van der Waals surface area contributed by atoms with Gasteiger partial charge in [-0.3, -0.25) is 0 Å². The molecule has 0 bridgehead atoms. The standard InChI is InChI=1S/C16H24O4/c1-13(15-17-9-5-10-18-15)7-3-4-8-14(2)16-19-11-6-12-20-16/h3-4,7-8,15-16H,5-6,9-12H2,1-2H3/b4-3+,13-7-,14-8-. The normalized spacial score (nSPS) is 24.5. The van der Waals surface area contributed by atoms with Gasteiger partial charge in [-0.15, -0.1) is 0 Å². The van der Waals surface area contributed by atoms with E-state index in [0.717, 1.165) is 50.4 Å². The Bertz CT molecular complexity index is 336. The van der Waals surface area contributed by atoms with Crippen LogP contribution < -0.4 is 0 Å². The second-order valence-electron chi connectivity index (χ2n) is 5.06. The third-order valence-electron chi connectivity index (χ3n) is 3.23. The molecule has 0 N–H and O–H groups in total. The Balaban J connectivity index is 1.82. The first-order valence-electron chi connectivity index (χ1n) is 7.25. The number of allylic oxidation sites excluding steroid dienone is 4. The fourth-order valence-corrected chi connectivity index (χ4v) is 2.07. The summed E-state index contributed by atoms with van der Waals surface area (Å²) >= 11 is 0. The lowest BCUT2D eigenvalue weighted by Gasteiger charge is -2.23. The van der Waals surface area contributed by atoms with E-state index in [1.165, 1.54) is 0 Å². The Labute approximate surface area is 121 Å². The second-order valence-corrected chi connectivity index (χ2v) is 5.06. The summed E-state index contributed by atoms with van der Waals surface area (Å²) in [7, 11) is 0. The highest BCUT2D eigenvalue weighted by Gasteiger charge is 2.15. The van der Waals surface area contributed by atoms with Crippen molar-refractivity contribution in [1.82, 2.24) is 0 Å². The van der Waals surface area contributed by atoms with Gasteiger partial charge in [-0.1, -0.05) is 24.3 Å². The average Bonchev–Trinajstić information content (AvgIpc) is 2.53. The Hall–Kier alpha value is -0.940. The predicted molar refractivity (Wildman–Crippen MR) is 77.3 cm³/mol. The second kappa shape index (κ2) is 8.37. The molecule has 4 heteroatoms. The molecule has 0 amide bonds. The van der Waals surface area contributed by atoms with Crippen LogP contribution in [0.1, 0.15) is 26.7 Å². The molecule has 0 aromatic heterocycles. The molecule has 4 nitrogen and oxygen atoms in total. The highest BCUT2D eigenvalue weighted by molar-refractivity contribution is 5.20. The zero-order chi connectivity index (χ0) is 14.2. The van der Waals surface area contributed by atoms with Crippen LogP contribution in [0.15, 0.2) is 35.5 Å². The van der Waals surface area contributed by atoms with Gasteiger partial charge in [0.1, 0.15) is 0 Å². The van der Waals surface area contributed by atoms with Gasteiger partial charge in [-0.25, -0.2) is 0 Å². The third kappa shape index (κ3) is 4.87. The minimum atomic E-state index is -0.191. The number of rotatable bonds is 4. The van der Waals surface area contributed by atoms with Crippen LogP contribution in [-0.4, -0.2) is 39.0 Å². The van der Waals surface area contributed by atoms with E-state index in [4.69, 9.17) is 18.9 Å². The topological polar surface area (TPSA) is 36.9 Å². The molecule has 2 fully saturated rings. The lowest BCUT2D eigenvalue weighted by atomic mass is 10.2. The van der Waals surface area contributed by atoms with Crippen LogP contribution >= 0.6 is 0 Å². The molecule has 2 heterocycles. The van der Waals surface area contributed by atoms with Crippen LogP contribution in [0.3, 0.4) is 0 Å². The first-order valence-corrected chi connectivity index (χ1v) is 7.25. The maximum absolute atomic E-state index is 5.53. The van der Waals surface area contributed by atoms with Crippen molar-refractivity contribution in [3.05, 3.63) is 35.5 Å². The van der Waals surface area contributed by atoms with E-state index in [1.54, 1.807) is 0 Å². The van der Waals surface area contributed by atoms with Gasteiger partial charge in [0.2, 0.25) is 0 Å². The van der Waals surface area contributed by atoms with Crippen LogP contribution in [0.4, 0.5) is 0 Å². The molecule has 0 unspecified atom stereocenters. The molecule has 0 radical (unpaired) electrons. The number of hydrogen-bond acceptors (Lipinski definition) is 4. The summed E-state index contributed by atoms with van der Waals surface area (Å²) in [5, 5.41) is 0. The van der Waals surface area contributed by atoms with Gasteiger partial charge in [-0.2, -0.15) is 0 Å². The summed E-state index contributed by atoms with van der Waals surface area (Å²) in [5.74, 6) is 0. The van der Waals surface area contributed by atoms with Gasteiger partial charge >= 0.3 is 0 Å². The SMILES string of the molecule is C/C(=C/C=C/C=C(/C)C1OCCCO1)C1OCCCO1. The third-order valence-corrected chi connectivity index (χ3v) is 3.23. The van der Waals surface area contributed by atoms with E-state index in [2.05, 4.69) is 0 Å². The highest BCUT2D eigenvalue weighted by Crippen LogP contribution is 2.15. The minimum absolute atomic E-state index is 0.191. The monoisotopic (exact) mass is 280 g/mol. The predicted octanol–water partition coefficient (Wildman–Crippen LogP) is 2.96. The summed E-state index contributed by atoms with van der Waals surface area (Å²) in [6.07, 6.45) is 9.58. The summed E-state index contributed by atoms with van der Waals surface area (Å²) in [4.78, 5) is 0. The van der Waals surface area contributed by atoms with Crippen molar-refractivity contribution in [2.45, 2.75) is 39.3 Å². The molecule has 2 aliphatic rings. The van der Waals surface area contributed by atoms with Crippen molar-refractivity contribution < 1.29 is 18.9 Å². The largest absolute Gasteiger partial charge is 0.349 e. The first kappa shape index (κ1) is 15.4. The first-order chi connectivity index (χ1) is 9.77. The summed E-state index contributed by atoms with van der Waals surface area (Å²) in [6, 6.07) is 0. The number of ether oxygens (including phenoxy) is 4. The highest BCUT2D eigenvalue weighted by atomic mass is 16.7. The zero-order valence-electron chi connectivity index (χ0n) is 12.3. The Morgan fingerprint density at radius 1 is 0.700 bits per heavy atom. The lowest BCUT2D eigenvalue weighted by Crippen LogP contribution is -2.25. The zero-order valence-corrected chi connectivity index (χ0v) is 12.3. The van der Waals surface area contributed by atoms with Crippen LogP contribution in [0.25, 0.3) is 0 Å². The van der Waals surface area contributed by atoms with Crippen molar-refractivity contribution in [3.8, 4) is 0 Å². The molecule has 0 aliphatic carbocycles. The Morgan fingerprint density at radius 2 is 1.05 bits per heavy atom. The Kier molecular flexibility index (Phi) is 6.47. The fraction of sp³-hybridized carbons (Fsp3) is 0.625. The van der Waals surface area contributed by atoms with Gasteiger partial charge < -0.3 is 18.9 Å². The smallest absolute Gasteiger partial charge is 0.179 e. The molecule has 0 spiro atoms. The number of hydrogen-bond donors (Lipinski definition) is 0. The maximum Gasteiger partial charge on any atom is 0.179 e. The van der Waals surface area contributed by atoms with E-state index < -0.39 is 0 Å². The van der Waals surface area contributed by atoms with Crippen molar-refractivity contribution in [2.75, 3.05) is 26.4 Å². The van der Waals surface area contributed by atoms with Gasteiger partial charge in [0.15, 0.2) is 12.6 Å².